The van der Waals surface area contributed by atoms with E-state index in [4.69, 9.17) is 4.74 Å². The lowest BCUT2D eigenvalue weighted by Gasteiger charge is -2.51. The summed E-state index contributed by atoms with van der Waals surface area (Å²) in [5.41, 5.74) is 2.18. The van der Waals surface area contributed by atoms with E-state index in [1.807, 2.05) is 34.1 Å². The predicted molar refractivity (Wildman–Crippen MR) is 126 cm³/mol. The van der Waals surface area contributed by atoms with Gasteiger partial charge in [-0.15, -0.1) is 0 Å². The highest BCUT2D eigenvalue weighted by Gasteiger charge is 2.54. The van der Waals surface area contributed by atoms with Gasteiger partial charge in [-0.1, -0.05) is 42.5 Å². The zero-order valence-corrected chi connectivity index (χ0v) is 19.5. The number of carbonyl (C=O) groups is 1. The second-order valence-electron chi connectivity index (χ2n) is 9.38. The number of aliphatic hydroxyl groups is 1. The fourth-order valence-corrected chi connectivity index (χ4v) is 5.69. The third-order valence-corrected chi connectivity index (χ3v) is 7.59. The lowest BCUT2D eigenvalue weighted by atomic mass is 9.68. The minimum atomic E-state index is -0.222. The third-order valence-electron chi connectivity index (χ3n) is 7.59. The minimum Gasteiger partial charge on any atom is -0.497 e. The molecule has 1 N–H and O–H groups in total. The first kappa shape index (κ1) is 22.6. The maximum absolute atomic E-state index is 13.4. The highest BCUT2D eigenvalue weighted by Crippen LogP contribution is 2.49. The van der Waals surface area contributed by atoms with E-state index in [1.165, 1.54) is 5.56 Å². The number of rotatable bonds is 7. The number of methoxy groups -OCH3 is 1. The van der Waals surface area contributed by atoms with Crippen molar-refractivity contribution >= 4 is 6.03 Å². The van der Waals surface area contributed by atoms with Crippen LogP contribution >= 0.6 is 0 Å². The number of carbonyl (C=O) groups excluding carboxylic acids is 1. The van der Waals surface area contributed by atoms with Gasteiger partial charge in [0.05, 0.1) is 19.3 Å². The molecule has 0 unspecified atom stereocenters. The summed E-state index contributed by atoms with van der Waals surface area (Å²) in [6.07, 6.45) is 3.81. The van der Waals surface area contributed by atoms with E-state index >= 15 is 0 Å². The van der Waals surface area contributed by atoms with Crippen LogP contribution in [0, 0.1) is 0 Å². The molecule has 1 spiro atoms. The third kappa shape index (κ3) is 3.97. The molecule has 1 saturated carbocycles. The summed E-state index contributed by atoms with van der Waals surface area (Å²) in [6.45, 7) is 1.65. The summed E-state index contributed by atoms with van der Waals surface area (Å²) in [7, 11) is 5.97. The Morgan fingerprint density at radius 2 is 1.66 bits per heavy atom. The van der Waals surface area contributed by atoms with Crippen molar-refractivity contribution in [2.75, 3.05) is 40.9 Å². The average molecular weight is 438 g/mol. The number of β-amino-alcohol motifs (C(OH)–C–C–N with tert-alkyl or cyclic N) is 1. The molecule has 6 nitrogen and oxygen atoms in total. The number of aliphatic hydroxyl groups excluding tert-OH is 1. The van der Waals surface area contributed by atoms with Gasteiger partial charge in [0.2, 0.25) is 0 Å². The fraction of sp³-hybridized carbons (Fsp3) is 0.500. The summed E-state index contributed by atoms with van der Waals surface area (Å²) in [5, 5.41) is 9.73. The highest BCUT2D eigenvalue weighted by atomic mass is 16.5. The maximum Gasteiger partial charge on any atom is 0.320 e. The molecule has 2 aromatic rings. The summed E-state index contributed by atoms with van der Waals surface area (Å²) in [5.74, 6) is 0.813. The van der Waals surface area contributed by atoms with Crippen molar-refractivity contribution in [2.24, 2.45) is 0 Å². The number of urea groups is 1. The van der Waals surface area contributed by atoms with Crippen LogP contribution in [0.25, 0.3) is 0 Å². The molecule has 0 bridgehead atoms. The van der Waals surface area contributed by atoms with Crippen LogP contribution in [-0.4, -0.2) is 72.3 Å². The topological polar surface area (TPSA) is 56.3 Å². The molecule has 1 saturated heterocycles. The van der Waals surface area contributed by atoms with Crippen molar-refractivity contribution in [3.05, 3.63) is 65.7 Å². The molecule has 2 aliphatic rings. The first-order chi connectivity index (χ1) is 15.4. The first-order valence-corrected chi connectivity index (χ1v) is 11.5. The second kappa shape index (κ2) is 9.12. The Labute approximate surface area is 191 Å². The van der Waals surface area contributed by atoms with Crippen molar-refractivity contribution in [2.45, 2.75) is 43.3 Å². The molecule has 4 rings (SSSR count). The number of nitrogens with zero attached hydrogens (tertiary/aromatic N) is 3. The van der Waals surface area contributed by atoms with Crippen LogP contribution in [0.3, 0.4) is 0 Å². The normalized spacial score (nSPS) is 25.7. The molecule has 1 aliphatic carbocycles. The molecule has 0 atom stereocenters. The smallest absolute Gasteiger partial charge is 0.320 e. The van der Waals surface area contributed by atoms with Crippen LogP contribution < -0.4 is 4.74 Å². The maximum atomic E-state index is 13.4. The Bertz CT molecular complexity index is 906. The number of hydrogen-bond acceptors (Lipinski definition) is 4. The van der Waals surface area contributed by atoms with Crippen LogP contribution in [0.2, 0.25) is 0 Å². The first-order valence-electron chi connectivity index (χ1n) is 11.5. The average Bonchev–Trinajstić information content (AvgIpc) is 3.06. The van der Waals surface area contributed by atoms with Gasteiger partial charge < -0.3 is 19.6 Å². The molecular formula is C26H35N3O3. The Balaban J connectivity index is 1.55. The monoisotopic (exact) mass is 437 g/mol. The minimum absolute atomic E-state index is 0.0125. The number of benzene rings is 2. The van der Waals surface area contributed by atoms with Crippen molar-refractivity contribution in [3.8, 4) is 5.75 Å². The molecule has 0 aromatic heterocycles. The van der Waals surface area contributed by atoms with Crippen LogP contribution in [0.5, 0.6) is 5.75 Å². The molecule has 1 aliphatic heterocycles. The van der Waals surface area contributed by atoms with Gasteiger partial charge in [-0.3, -0.25) is 4.90 Å². The zero-order chi connectivity index (χ0) is 22.8. The van der Waals surface area contributed by atoms with Crippen molar-refractivity contribution in [1.29, 1.82) is 0 Å². The number of amides is 2. The largest absolute Gasteiger partial charge is 0.497 e. The van der Waals surface area contributed by atoms with E-state index in [2.05, 4.69) is 49.3 Å². The number of hydrogen-bond donors (Lipinski definition) is 1. The van der Waals surface area contributed by atoms with Crippen LogP contribution in [0.4, 0.5) is 4.79 Å². The Morgan fingerprint density at radius 1 is 1.00 bits per heavy atom. The van der Waals surface area contributed by atoms with E-state index in [-0.39, 0.29) is 23.7 Å². The summed E-state index contributed by atoms with van der Waals surface area (Å²) in [4.78, 5) is 19.6. The van der Waals surface area contributed by atoms with Crippen molar-refractivity contribution < 1.29 is 14.6 Å². The van der Waals surface area contributed by atoms with Crippen molar-refractivity contribution in [3.63, 3.8) is 0 Å². The van der Waals surface area contributed by atoms with Crippen LogP contribution in [-0.2, 0) is 12.1 Å². The summed E-state index contributed by atoms with van der Waals surface area (Å²) < 4.78 is 5.25. The summed E-state index contributed by atoms with van der Waals surface area (Å²) >= 11 is 0. The standard InChI is InChI=1S/C26H35N3O3/c1-27(2)26(22-7-5-4-6-8-22)15-13-25(14-16-26)20-28(24(31)29(25)17-18-30)19-21-9-11-23(32-3)12-10-21/h4-12,30H,13-20H2,1-3H3/t25-,26+. The van der Waals surface area contributed by atoms with Gasteiger partial charge in [-0.2, -0.15) is 0 Å². The van der Waals surface area contributed by atoms with E-state index in [0.717, 1.165) is 37.0 Å². The van der Waals surface area contributed by atoms with E-state index < -0.39 is 0 Å². The Hall–Kier alpha value is -2.57. The van der Waals surface area contributed by atoms with E-state index in [0.29, 0.717) is 19.6 Å². The van der Waals surface area contributed by atoms with Crippen molar-refractivity contribution in [1.82, 2.24) is 14.7 Å². The molecule has 172 valence electrons. The summed E-state index contributed by atoms with van der Waals surface area (Å²) in [6, 6.07) is 18.7. The fourth-order valence-electron chi connectivity index (χ4n) is 5.69. The van der Waals surface area contributed by atoms with Gasteiger partial charge in [0.15, 0.2) is 0 Å². The highest BCUT2D eigenvalue weighted by molar-refractivity contribution is 5.78. The Kier molecular flexibility index (Phi) is 6.45. The van der Waals surface area contributed by atoms with E-state index in [9.17, 15) is 9.90 Å². The predicted octanol–water partition coefficient (Wildman–Crippen LogP) is 3.70. The van der Waals surface area contributed by atoms with Gasteiger partial charge in [-0.05, 0) is 63.0 Å². The molecule has 32 heavy (non-hydrogen) atoms. The van der Waals surface area contributed by atoms with Gasteiger partial charge in [0, 0.05) is 25.2 Å². The molecule has 6 heteroatoms. The van der Waals surface area contributed by atoms with Gasteiger partial charge >= 0.3 is 6.03 Å². The zero-order valence-electron chi connectivity index (χ0n) is 19.5. The SMILES string of the molecule is COc1ccc(CN2C[C@]3(CC[C@](c4ccccc4)(N(C)C)CC3)N(CCO)C2=O)cc1. The van der Waals surface area contributed by atoms with Gasteiger partial charge in [0.25, 0.3) is 0 Å². The quantitative estimate of drug-likeness (QED) is 0.718. The molecule has 1 heterocycles. The molecule has 0 radical (unpaired) electrons. The lowest BCUT2D eigenvalue weighted by Crippen LogP contribution is -2.55. The van der Waals surface area contributed by atoms with Crippen LogP contribution in [0.15, 0.2) is 54.6 Å². The van der Waals surface area contributed by atoms with Gasteiger partial charge in [-0.25, -0.2) is 4.79 Å². The molecule has 2 fully saturated rings. The lowest BCUT2D eigenvalue weighted by molar-refractivity contribution is 0.0201. The molecule has 2 aromatic carbocycles. The van der Waals surface area contributed by atoms with E-state index in [1.54, 1.807) is 7.11 Å². The Morgan fingerprint density at radius 3 is 2.22 bits per heavy atom. The van der Waals surface area contributed by atoms with Gasteiger partial charge in [0.1, 0.15) is 5.75 Å². The molecular weight excluding hydrogens is 402 g/mol. The second-order valence-corrected chi connectivity index (χ2v) is 9.38. The molecule has 2 amide bonds. The van der Waals surface area contributed by atoms with Crippen LogP contribution in [0.1, 0.15) is 36.8 Å². The number of ether oxygens (including phenoxy) is 1.